The first kappa shape index (κ1) is 22.5. The highest BCUT2D eigenvalue weighted by Gasteiger charge is 1.96. The Hall–Kier alpha value is 0.530. The van der Waals surface area contributed by atoms with Crippen molar-refractivity contribution in [3.63, 3.8) is 0 Å². The maximum absolute atomic E-state index is 5.49. The van der Waals surface area contributed by atoms with Crippen LogP contribution in [0.3, 0.4) is 0 Å². The second-order valence-corrected chi connectivity index (χ2v) is 7.15. The number of alkyl halides is 1. The molecule has 5 nitrogen and oxygen atoms in total. The van der Waals surface area contributed by atoms with Gasteiger partial charge in [-0.15, -0.1) is 0 Å². The smallest absolute Gasteiger partial charge is 0.106 e. The zero-order valence-corrected chi connectivity index (χ0v) is 16.5. The minimum absolute atomic E-state index is 0.230. The molecule has 0 aliphatic heterocycles. The molecule has 0 heterocycles. The van der Waals surface area contributed by atoms with Gasteiger partial charge in [0.2, 0.25) is 0 Å². The molecular weight excluding hydrogens is 399 g/mol. The second-order valence-electron chi connectivity index (χ2n) is 5.40. The molecule has 0 N–H and O–H groups in total. The van der Waals surface area contributed by atoms with E-state index in [1.165, 1.54) is 6.42 Å². The molecule has 0 aromatic rings. The summed E-state index contributed by atoms with van der Waals surface area (Å²) in [6.45, 7) is 12.2. The van der Waals surface area contributed by atoms with Crippen LogP contribution in [0, 0.1) is 5.92 Å². The lowest BCUT2D eigenvalue weighted by Gasteiger charge is -2.08. The van der Waals surface area contributed by atoms with Crippen LogP contribution in [-0.4, -0.2) is 63.6 Å². The van der Waals surface area contributed by atoms with Gasteiger partial charge in [0.25, 0.3) is 0 Å². The van der Waals surface area contributed by atoms with E-state index in [2.05, 4.69) is 36.4 Å². The average molecular weight is 432 g/mol. The van der Waals surface area contributed by atoms with Crippen molar-refractivity contribution in [3.05, 3.63) is 0 Å². The fourth-order valence-corrected chi connectivity index (χ4v) is 1.88. The van der Waals surface area contributed by atoms with Gasteiger partial charge in [0.15, 0.2) is 0 Å². The van der Waals surface area contributed by atoms with Crippen LogP contribution in [0.2, 0.25) is 0 Å². The van der Waals surface area contributed by atoms with Gasteiger partial charge >= 0.3 is 0 Å². The van der Waals surface area contributed by atoms with Crippen molar-refractivity contribution >= 4 is 22.6 Å². The van der Waals surface area contributed by atoms with Gasteiger partial charge in [0, 0.05) is 6.61 Å². The standard InChI is InChI=1S/C16H33IO5/c1-15(2)5-4-6-18-7-8-19-9-10-20-11-12-21-13-14-22-16(3)17/h15-16H,4-14H2,1-3H3. The Labute approximate surface area is 149 Å². The maximum Gasteiger partial charge on any atom is 0.106 e. The lowest BCUT2D eigenvalue weighted by Crippen LogP contribution is -2.14. The van der Waals surface area contributed by atoms with Crippen molar-refractivity contribution in [2.24, 2.45) is 5.92 Å². The summed E-state index contributed by atoms with van der Waals surface area (Å²) in [6, 6.07) is 0. The van der Waals surface area contributed by atoms with E-state index in [0.717, 1.165) is 18.9 Å². The third-order valence-electron chi connectivity index (χ3n) is 2.76. The van der Waals surface area contributed by atoms with E-state index >= 15 is 0 Å². The second kappa shape index (κ2) is 17.9. The molecule has 1 atom stereocenters. The molecule has 0 saturated carbocycles. The highest BCUT2D eigenvalue weighted by Crippen LogP contribution is 2.02. The molecule has 0 spiro atoms. The SMILES string of the molecule is CC(C)CCCOCCOCCOCCOCCOC(C)I. The minimum Gasteiger partial charge on any atom is -0.379 e. The Morgan fingerprint density at radius 1 is 0.636 bits per heavy atom. The van der Waals surface area contributed by atoms with E-state index in [0.29, 0.717) is 52.9 Å². The lowest BCUT2D eigenvalue weighted by molar-refractivity contribution is -0.0114. The lowest BCUT2D eigenvalue weighted by atomic mass is 10.1. The summed E-state index contributed by atoms with van der Waals surface area (Å²) in [6.07, 6.45) is 2.35. The molecule has 1 unspecified atom stereocenters. The van der Waals surface area contributed by atoms with E-state index in [1.54, 1.807) is 0 Å². The molecule has 0 fully saturated rings. The maximum atomic E-state index is 5.49. The molecule has 22 heavy (non-hydrogen) atoms. The quantitative estimate of drug-likeness (QED) is 0.201. The van der Waals surface area contributed by atoms with Gasteiger partial charge in [-0.2, -0.15) is 0 Å². The first-order chi connectivity index (χ1) is 10.6. The topological polar surface area (TPSA) is 46.2 Å². The fraction of sp³-hybridized carbons (Fsp3) is 1.00. The van der Waals surface area contributed by atoms with Crippen LogP contribution in [0.5, 0.6) is 0 Å². The summed E-state index contributed by atoms with van der Waals surface area (Å²) >= 11 is 2.22. The molecule has 0 aliphatic rings. The third-order valence-corrected chi connectivity index (χ3v) is 3.12. The fourth-order valence-electron chi connectivity index (χ4n) is 1.62. The molecular formula is C16H33IO5. The van der Waals surface area contributed by atoms with Crippen molar-refractivity contribution < 1.29 is 23.7 Å². The van der Waals surface area contributed by atoms with Gasteiger partial charge < -0.3 is 23.7 Å². The van der Waals surface area contributed by atoms with Crippen LogP contribution in [-0.2, 0) is 23.7 Å². The summed E-state index contributed by atoms with van der Waals surface area (Å²) in [5.41, 5.74) is 0. The summed E-state index contributed by atoms with van der Waals surface area (Å²) in [7, 11) is 0. The Bertz CT molecular complexity index is 193. The van der Waals surface area contributed by atoms with E-state index < -0.39 is 0 Å². The Morgan fingerprint density at radius 3 is 1.45 bits per heavy atom. The molecule has 134 valence electrons. The van der Waals surface area contributed by atoms with E-state index in [4.69, 9.17) is 23.7 Å². The first-order valence-electron chi connectivity index (χ1n) is 8.19. The van der Waals surface area contributed by atoms with Gasteiger partial charge in [-0.3, -0.25) is 0 Å². The minimum atomic E-state index is 0.230. The van der Waals surface area contributed by atoms with Crippen molar-refractivity contribution in [3.8, 4) is 0 Å². The Balaban J connectivity index is 2.97. The van der Waals surface area contributed by atoms with Crippen molar-refractivity contribution in [1.82, 2.24) is 0 Å². The van der Waals surface area contributed by atoms with Crippen LogP contribution in [0.25, 0.3) is 0 Å². The number of ether oxygens (including phenoxy) is 5. The van der Waals surface area contributed by atoms with Crippen molar-refractivity contribution in [1.29, 1.82) is 0 Å². The zero-order chi connectivity index (χ0) is 16.5. The molecule has 0 aromatic carbocycles. The first-order valence-corrected chi connectivity index (χ1v) is 9.44. The third kappa shape index (κ3) is 20.5. The Kier molecular flexibility index (Phi) is 18.3. The predicted molar refractivity (Wildman–Crippen MR) is 96.8 cm³/mol. The van der Waals surface area contributed by atoms with Gasteiger partial charge in [-0.1, -0.05) is 36.4 Å². The zero-order valence-electron chi connectivity index (χ0n) is 14.4. The summed E-state index contributed by atoms with van der Waals surface area (Å²) < 4.78 is 27.3. The van der Waals surface area contributed by atoms with Crippen LogP contribution in [0.15, 0.2) is 0 Å². The molecule has 6 heteroatoms. The van der Waals surface area contributed by atoms with Crippen molar-refractivity contribution in [2.75, 3.05) is 59.5 Å². The van der Waals surface area contributed by atoms with Crippen LogP contribution in [0.1, 0.15) is 33.6 Å². The van der Waals surface area contributed by atoms with Gasteiger partial charge in [0.1, 0.15) is 4.11 Å². The number of hydrogen-bond donors (Lipinski definition) is 0. The van der Waals surface area contributed by atoms with Crippen LogP contribution >= 0.6 is 22.6 Å². The number of hydrogen-bond acceptors (Lipinski definition) is 5. The number of rotatable bonds is 17. The van der Waals surface area contributed by atoms with E-state index in [1.807, 2.05) is 6.92 Å². The molecule has 0 saturated heterocycles. The monoisotopic (exact) mass is 432 g/mol. The van der Waals surface area contributed by atoms with Gasteiger partial charge in [-0.05, 0) is 25.7 Å². The molecule has 0 rings (SSSR count). The summed E-state index contributed by atoms with van der Waals surface area (Å²) in [5, 5.41) is 0. The van der Waals surface area contributed by atoms with E-state index in [-0.39, 0.29) is 4.11 Å². The molecule has 0 radical (unpaired) electrons. The highest BCUT2D eigenvalue weighted by molar-refractivity contribution is 14.1. The summed E-state index contributed by atoms with van der Waals surface area (Å²) in [4.78, 5) is 0. The Morgan fingerprint density at radius 2 is 1.05 bits per heavy atom. The molecule has 0 bridgehead atoms. The molecule has 0 amide bonds. The highest BCUT2D eigenvalue weighted by atomic mass is 127. The van der Waals surface area contributed by atoms with Gasteiger partial charge in [0.05, 0.1) is 52.9 Å². The predicted octanol–water partition coefficient (Wildman–Crippen LogP) is 3.29. The van der Waals surface area contributed by atoms with Crippen LogP contribution in [0.4, 0.5) is 0 Å². The molecule has 0 aliphatic carbocycles. The van der Waals surface area contributed by atoms with Gasteiger partial charge in [-0.25, -0.2) is 0 Å². The largest absolute Gasteiger partial charge is 0.379 e. The van der Waals surface area contributed by atoms with E-state index in [9.17, 15) is 0 Å². The van der Waals surface area contributed by atoms with Crippen molar-refractivity contribution in [2.45, 2.75) is 37.7 Å². The normalized spacial score (nSPS) is 13.0. The average Bonchev–Trinajstić information content (AvgIpc) is 2.46. The molecule has 0 aromatic heterocycles. The summed E-state index contributed by atoms with van der Waals surface area (Å²) in [5.74, 6) is 0.753. The number of halogens is 1. The van der Waals surface area contributed by atoms with Crippen LogP contribution < -0.4 is 0 Å².